The summed E-state index contributed by atoms with van der Waals surface area (Å²) in [6.07, 6.45) is 17.1. The summed E-state index contributed by atoms with van der Waals surface area (Å²) in [4.78, 5) is 4.16. The highest BCUT2D eigenvalue weighted by molar-refractivity contribution is 4.79. The van der Waals surface area contributed by atoms with Gasteiger partial charge in [-0.2, -0.15) is 0 Å². The van der Waals surface area contributed by atoms with E-state index >= 15 is 0 Å². The molecule has 4 heteroatoms. The number of hydrogen-bond donors (Lipinski definition) is 0. The van der Waals surface area contributed by atoms with Gasteiger partial charge in [0.1, 0.15) is 0 Å². The molecule has 0 unspecified atom stereocenters. The Morgan fingerprint density at radius 3 is 2.45 bits per heavy atom. The van der Waals surface area contributed by atoms with E-state index < -0.39 is 0 Å². The third kappa shape index (κ3) is 3.61. The van der Waals surface area contributed by atoms with Gasteiger partial charge in [-0.3, -0.25) is 0 Å². The summed E-state index contributed by atoms with van der Waals surface area (Å²) >= 11 is 0. The standard InChI is InChI=1S/C16H28N4/c1-3-7-16(8-4-1)20(19-10-5-2-6-11-19)14-13-18-12-9-17-15-18/h9,12,15-16H,1-8,10-11,13-14H2. The molecule has 3 rings (SSSR count). The maximum Gasteiger partial charge on any atom is 0.0946 e. The van der Waals surface area contributed by atoms with Crippen molar-refractivity contribution in [1.82, 2.24) is 19.6 Å². The lowest BCUT2D eigenvalue weighted by Gasteiger charge is -2.43. The van der Waals surface area contributed by atoms with Crippen LogP contribution in [0, 0.1) is 0 Å². The molecule has 2 fully saturated rings. The fourth-order valence-corrected chi connectivity index (χ4v) is 3.71. The Bertz CT molecular complexity index is 346. The zero-order chi connectivity index (χ0) is 13.6. The molecule has 2 aliphatic rings. The number of imidazole rings is 1. The molecule has 0 N–H and O–H groups in total. The van der Waals surface area contributed by atoms with Crippen LogP contribution < -0.4 is 0 Å². The SMILES string of the molecule is c1cn(CCN(C2CCCCC2)N2CCCCC2)cn1. The van der Waals surface area contributed by atoms with Crippen LogP contribution in [0.1, 0.15) is 51.4 Å². The molecular weight excluding hydrogens is 248 g/mol. The first kappa shape index (κ1) is 14.1. The van der Waals surface area contributed by atoms with E-state index in [0.29, 0.717) is 0 Å². The second kappa shape index (κ2) is 7.23. The van der Waals surface area contributed by atoms with E-state index in [1.165, 1.54) is 64.5 Å². The molecule has 2 heterocycles. The molecule has 112 valence electrons. The van der Waals surface area contributed by atoms with Crippen LogP contribution in [-0.4, -0.2) is 45.2 Å². The Kier molecular flexibility index (Phi) is 5.09. The van der Waals surface area contributed by atoms with E-state index in [0.717, 1.165) is 19.1 Å². The van der Waals surface area contributed by atoms with Crippen molar-refractivity contribution in [2.75, 3.05) is 19.6 Å². The molecule has 1 aromatic rings. The molecule has 20 heavy (non-hydrogen) atoms. The van der Waals surface area contributed by atoms with Crippen LogP contribution in [0.25, 0.3) is 0 Å². The molecule has 0 bridgehead atoms. The maximum absolute atomic E-state index is 4.16. The molecule has 0 spiro atoms. The van der Waals surface area contributed by atoms with Crippen LogP contribution in [0.3, 0.4) is 0 Å². The predicted octanol–water partition coefficient (Wildman–Crippen LogP) is 2.92. The van der Waals surface area contributed by atoms with Crippen LogP contribution in [0.5, 0.6) is 0 Å². The Morgan fingerprint density at radius 2 is 1.75 bits per heavy atom. The first-order valence-electron chi connectivity index (χ1n) is 8.41. The quantitative estimate of drug-likeness (QED) is 0.826. The van der Waals surface area contributed by atoms with Gasteiger partial charge < -0.3 is 4.57 Å². The highest BCUT2D eigenvalue weighted by Crippen LogP contribution is 2.25. The molecular formula is C16H28N4. The third-order valence-electron chi connectivity index (χ3n) is 4.84. The van der Waals surface area contributed by atoms with Gasteiger partial charge in [-0.25, -0.2) is 15.0 Å². The van der Waals surface area contributed by atoms with Crippen LogP contribution >= 0.6 is 0 Å². The van der Waals surface area contributed by atoms with Crippen LogP contribution in [0.2, 0.25) is 0 Å². The number of piperidine rings is 1. The highest BCUT2D eigenvalue weighted by atomic mass is 15.6. The summed E-state index contributed by atoms with van der Waals surface area (Å²) in [6.45, 7) is 4.73. The minimum Gasteiger partial charge on any atom is -0.336 e. The Labute approximate surface area is 122 Å². The number of nitrogens with zero attached hydrogens (tertiary/aromatic N) is 4. The molecule has 1 aliphatic heterocycles. The molecule has 1 aromatic heterocycles. The van der Waals surface area contributed by atoms with Gasteiger partial charge in [0, 0.05) is 44.6 Å². The van der Waals surface area contributed by atoms with Gasteiger partial charge in [-0.15, -0.1) is 0 Å². The fourth-order valence-electron chi connectivity index (χ4n) is 3.71. The topological polar surface area (TPSA) is 24.3 Å². The van der Waals surface area contributed by atoms with Crippen molar-refractivity contribution in [2.45, 2.75) is 64.0 Å². The highest BCUT2D eigenvalue weighted by Gasteiger charge is 2.26. The Balaban J connectivity index is 1.61. The number of aromatic nitrogens is 2. The van der Waals surface area contributed by atoms with Gasteiger partial charge in [0.05, 0.1) is 6.33 Å². The molecule has 0 atom stereocenters. The van der Waals surface area contributed by atoms with Crippen molar-refractivity contribution in [3.8, 4) is 0 Å². The second-order valence-corrected chi connectivity index (χ2v) is 6.27. The maximum atomic E-state index is 4.16. The van der Waals surface area contributed by atoms with Crippen LogP contribution in [0.15, 0.2) is 18.7 Å². The molecule has 1 saturated carbocycles. The lowest BCUT2D eigenvalue weighted by atomic mass is 9.95. The molecule has 1 saturated heterocycles. The van der Waals surface area contributed by atoms with Gasteiger partial charge in [-0.1, -0.05) is 25.7 Å². The summed E-state index contributed by atoms with van der Waals surface area (Å²) in [5, 5.41) is 5.36. The summed E-state index contributed by atoms with van der Waals surface area (Å²) in [7, 11) is 0. The third-order valence-corrected chi connectivity index (χ3v) is 4.84. The molecule has 0 aromatic carbocycles. The van der Waals surface area contributed by atoms with E-state index in [1.54, 1.807) is 0 Å². The minimum absolute atomic E-state index is 0.783. The van der Waals surface area contributed by atoms with Gasteiger partial charge in [0.15, 0.2) is 0 Å². The largest absolute Gasteiger partial charge is 0.336 e. The second-order valence-electron chi connectivity index (χ2n) is 6.27. The minimum atomic E-state index is 0.783. The van der Waals surface area contributed by atoms with Crippen LogP contribution in [-0.2, 0) is 6.54 Å². The summed E-state index contributed by atoms with van der Waals surface area (Å²) in [5.41, 5.74) is 0. The van der Waals surface area contributed by atoms with Crippen molar-refractivity contribution in [3.63, 3.8) is 0 Å². The Hall–Kier alpha value is -0.870. The van der Waals surface area contributed by atoms with E-state index in [9.17, 15) is 0 Å². The lowest BCUT2D eigenvalue weighted by Crippen LogP contribution is -2.52. The smallest absolute Gasteiger partial charge is 0.0946 e. The molecule has 0 radical (unpaired) electrons. The lowest BCUT2D eigenvalue weighted by molar-refractivity contribution is -0.0837. The van der Waals surface area contributed by atoms with Crippen molar-refractivity contribution in [2.24, 2.45) is 0 Å². The summed E-state index contributed by atoms with van der Waals surface area (Å²) < 4.78 is 2.21. The first-order valence-corrected chi connectivity index (χ1v) is 8.41. The fraction of sp³-hybridized carbons (Fsp3) is 0.812. The normalized spacial score (nSPS) is 22.4. The average Bonchev–Trinajstić information content (AvgIpc) is 3.03. The Morgan fingerprint density at radius 1 is 1.00 bits per heavy atom. The van der Waals surface area contributed by atoms with Gasteiger partial charge in [-0.05, 0) is 25.7 Å². The molecule has 4 nitrogen and oxygen atoms in total. The number of rotatable bonds is 5. The number of hydrogen-bond acceptors (Lipinski definition) is 3. The number of hydrazine groups is 1. The van der Waals surface area contributed by atoms with Crippen molar-refractivity contribution >= 4 is 0 Å². The van der Waals surface area contributed by atoms with E-state index in [2.05, 4.69) is 25.8 Å². The monoisotopic (exact) mass is 276 g/mol. The van der Waals surface area contributed by atoms with Gasteiger partial charge in [0.2, 0.25) is 0 Å². The predicted molar refractivity (Wildman–Crippen MR) is 81.2 cm³/mol. The average molecular weight is 276 g/mol. The van der Waals surface area contributed by atoms with Crippen LogP contribution in [0.4, 0.5) is 0 Å². The van der Waals surface area contributed by atoms with E-state index in [4.69, 9.17) is 0 Å². The first-order chi connectivity index (χ1) is 9.93. The summed E-state index contributed by atoms with van der Waals surface area (Å²) in [6, 6.07) is 0.783. The zero-order valence-corrected chi connectivity index (χ0v) is 12.6. The van der Waals surface area contributed by atoms with E-state index in [1.807, 2.05) is 12.5 Å². The van der Waals surface area contributed by atoms with Crippen molar-refractivity contribution < 1.29 is 0 Å². The zero-order valence-electron chi connectivity index (χ0n) is 12.6. The summed E-state index contributed by atoms with van der Waals surface area (Å²) in [5.74, 6) is 0. The van der Waals surface area contributed by atoms with Gasteiger partial charge >= 0.3 is 0 Å². The van der Waals surface area contributed by atoms with Crippen molar-refractivity contribution in [3.05, 3.63) is 18.7 Å². The van der Waals surface area contributed by atoms with Crippen molar-refractivity contribution in [1.29, 1.82) is 0 Å². The molecule has 1 aliphatic carbocycles. The molecule has 0 amide bonds. The van der Waals surface area contributed by atoms with Gasteiger partial charge in [0.25, 0.3) is 0 Å². The van der Waals surface area contributed by atoms with E-state index in [-0.39, 0.29) is 0 Å².